The van der Waals surface area contributed by atoms with E-state index in [4.69, 9.17) is 4.99 Å². The molecule has 0 spiro atoms. The van der Waals surface area contributed by atoms with Crippen molar-refractivity contribution in [1.82, 2.24) is 9.88 Å². The number of aliphatic imine (C=N–C) groups is 1. The van der Waals surface area contributed by atoms with Crippen LogP contribution in [0.15, 0.2) is 29.4 Å². The van der Waals surface area contributed by atoms with Gasteiger partial charge in [0.05, 0.1) is 12.1 Å². The molecular weight excluding hydrogens is 246 g/mol. The zero-order valence-corrected chi connectivity index (χ0v) is 12.8. The van der Waals surface area contributed by atoms with Gasteiger partial charge in [0.2, 0.25) is 0 Å². The van der Waals surface area contributed by atoms with Crippen molar-refractivity contribution in [3.8, 4) is 0 Å². The average Bonchev–Trinajstić information content (AvgIpc) is 2.94. The van der Waals surface area contributed by atoms with Crippen LogP contribution < -0.4 is 0 Å². The summed E-state index contributed by atoms with van der Waals surface area (Å²) in [6.07, 6.45) is 4.53. The van der Waals surface area contributed by atoms with Gasteiger partial charge in [0.25, 0.3) is 0 Å². The monoisotopic (exact) mass is 269 g/mol. The molecular formula is C17H23N3. The fourth-order valence-corrected chi connectivity index (χ4v) is 5.21. The highest BCUT2D eigenvalue weighted by atomic mass is 15.3. The first-order valence-corrected chi connectivity index (χ1v) is 7.69. The third-order valence-corrected chi connectivity index (χ3v) is 6.68. The maximum absolute atomic E-state index is 5.10. The van der Waals surface area contributed by atoms with Crippen LogP contribution in [0.5, 0.6) is 0 Å². The summed E-state index contributed by atoms with van der Waals surface area (Å²) in [4.78, 5) is 12.0. The Hall–Kier alpha value is -1.38. The second-order valence-electron chi connectivity index (χ2n) is 7.50. The largest absolute Gasteiger partial charge is 0.352 e. The number of nitrogens with zero attached hydrogens (tertiary/aromatic N) is 3. The van der Waals surface area contributed by atoms with E-state index in [0.29, 0.717) is 22.9 Å². The lowest BCUT2D eigenvalue weighted by molar-refractivity contribution is 0.0920. The van der Waals surface area contributed by atoms with Gasteiger partial charge in [0.1, 0.15) is 11.5 Å². The number of hydrogen-bond donors (Lipinski definition) is 0. The van der Waals surface area contributed by atoms with Crippen LogP contribution in [0.3, 0.4) is 0 Å². The van der Waals surface area contributed by atoms with E-state index < -0.39 is 0 Å². The number of pyridine rings is 1. The molecule has 0 amide bonds. The predicted molar refractivity (Wildman–Crippen MR) is 80.7 cm³/mol. The molecule has 2 fully saturated rings. The Morgan fingerprint density at radius 2 is 2.05 bits per heavy atom. The molecule has 0 unspecified atom stereocenters. The van der Waals surface area contributed by atoms with Crippen LogP contribution in [-0.2, 0) is 0 Å². The van der Waals surface area contributed by atoms with Crippen LogP contribution in [0.4, 0.5) is 0 Å². The van der Waals surface area contributed by atoms with E-state index >= 15 is 0 Å². The molecule has 2 saturated carbocycles. The maximum atomic E-state index is 5.10. The van der Waals surface area contributed by atoms with Gasteiger partial charge in [-0.05, 0) is 41.7 Å². The van der Waals surface area contributed by atoms with Gasteiger partial charge in [0, 0.05) is 13.2 Å². The summed E-state index contributed by atoms with van der Waals surface area (Å²) in [6.45, 7) is 7.38. The first-order chi connectivity index (χ1) is 9.47. The average molecular weight is 269 g/mol. The minimum Gasteiger partial charge on any atom is -0.352 e. The number of fused-ring (bicyclic) bond motifs is 5. The molecule has 3 nitrogen and oxygen atoms in total. The smallest absolute Gasteiger partial charge is 0.150 e. The van der Waals surface area contributed by atoms with Gasteiger partial charge < -0.3 is 4.90 Å². The summed E-state index contributed by atoms with van der Waals surface area (Å²) in [5, 5.41) is 0. The Kier molecular flexibility index (Phi) is 2.24. The van der Waals surface area contributed by atoms with Gasteiger partial charge in [-0.2, -0.15) is 0 Å². The van der Waals surface area contributed by atoms with E-state index in [9.17, 15) is 0 Å². The zero-order chi connectivity index (χ0) is 14.1. The highest BCUT2D eigenvalue weighted by Crippen LogP contribution is 2.68. The summed E-state index contributed by atoms with van der Waals surface area (Å²) >= 11 is 0. The molecule has 20 heavy (non-hydrogen) atoms. The maximum Gasteiger partial charge on any atom is 0.150 e. The van der Waals surface area contributed by atoms with Crippen molar-refractivity contribution in [2.75, 3.05) is 7.05 Å². The van der Waals surface area contributed by atoms with Crippen LogP contribution in [0.2, 0.25) is 0 Å². The Labute approximate surface area is 121 Å². The summed E-state index contributed by atoms with van der Waals surface area (Å²) < 4.78 is 0. The Bertz CT molecular complexity index is 577. The highest BCUT2D eigenvalue weighted by molar-refractivity contribution is 5.98. The molecule has 2 aliphatic carbocycles. The fourth-order valence-electron chi connectivity index (χ4n) is 5.21. The molecule has 0 radical (unpaired) electrons. The second-order valence-corrected chi connectivity index (χ2v) is 7.50. The topological polar surface area (TPSA) is 28.5 Å². The van der Waals surface area contributed by atoms with E-state index in [1.165, 1.54) is 12.8 Å². The zero-order valence-electron chi connectivity index (χ0n) is 12.8. The number of hydrogen-bond acceptors (Lipinski definition) is 3. The van der Waals surface area contributed by atoms with Crippen molar-refractivity contribution in [3.63, 3.8) is 0 Å². The summed E-state index contributed by atoms with van der Waals surface area (Å²) in [7, 11) is 2.21. The molecule has 0 N–H and O–H groups in total. The third kappa shape index (κ3) is 1.22. The quantitative estimate of drug-likeness (QED) is 0.784. The van der Waals surface area contributed by atoms with Crippen LogP contribution >= 0.6 is 0 Å². The second kappa shape index (κ2) is 3.63. The molecule has 0 aromatic carbocycles. The van der Waals surface area contributed by atoms with Gasteiger partial charge in [-0.15, -0.1) is 0 Å². The molecule has 0 saturated heterocycles. The van der Waals surface area contributed by atoms with Crippen LogP contribution in [0.1, 0.15) is 39.3 Å². The van der Waals surface area contributed by atoms with Gasteiger partial charge in [0.15, 0.2) is 0 Å². The minimum absolute atomic E-state index is 0.372. The molecule has 1 aromatic rings. The van der Waals surface area contributed by atoms with Gasteiger partial charge in [-0.1, -0.05) is 26.8 Å². The molecule has 3 heteroatoms. The lowest BCUT2D eigenvalue weighted by Gasteiger charge is -2.42. The molecule has 2 bridgehead atoms. The van der Waals surface area contributed by atoms with Crippen molar-refractivity contribution in [1.29, 1.82) is 0 Å². The Morgan fingerprint density at radius 3 is 2.70 bits per heavy atom. The minimum atomic E-state index is 0.372. The molecule has 1 aromatic heterocycles. The van der Waals surface area contributed by atoms with Crippen LogP contribution in [0, 0.1) is 16.7 Å². The SMILES string of the molecule is CN1C(c2ccccn2)=N[C@@H]2[C@H]3CC[C@@](C)([C@@H]21)C3(C)C. The van der Waals surface area contributed by atoms with Crippen LogP contribution in [0.25, 0.3) is 0 Å². The summed E-state index contributed by atoms with van der Waals surface area (Å²) in [5.41, 5.74) is 1.79. The van der Waals surface area contributed by atoms with Crippen LogP contribution in [-0.4, -0.2) is 34.9 Å². The Morgan fingerprint density at radius 1 is 1.25 bits per heavy atom. The molecule has 4 rings (SSSR count). The number of likely N-dealkylation sites (N-methyl/N-ethyl adjacent to an activating group) is 1. The number of amidine groups is 1. The number of aromatic nitrogens is 1. The van der Waals surface area contributed by atoms with Crippen molar-refractivity contribution in [3.05, 3.63) is 30.1 Å². The Balaban J connectivity index is 1.79. The molecule has 1 aliphatic heterocycles. The normalized spacial score (nSPS) is 40.9. The molecule has 4 atom stereocenters. The van der Waals surface area contributed by atoms with Gasteiger partial charge >= 0.3 is 0 Å². The lowest BCUT2D eigenvalue weighted by Crippen LogP contribution is -2.48. The molecule has 106 valence electrons. The van der Waals surface area contributed by atoms with Gasteiger partial charge in [-0.25, -0.2) is 0 Å². The van der Waals surface area contributed by atoms with E-state index in [-0.39, 0.29) is 0 Å². The standard InChI is InChI=1S/C17H23N3/c1-16(2)11-8-9-17(16,3)14-13(11)19-15(20(14)4)12-7-5-6-10-18-12/h5-7,10-11,13-14H,8-9H2,1-4H3/t11-,13-,14-,17+/m1/s1. The fraction of sp³-hybridized carbons (Fsp3) is 0.647. The third-order valence-electron chi connectivity index (χ3n) is 6.68. The van der Waals surface area contributed by atoms with Gasteiger partial charge in [-0.3, -0.25) is 9.98 Å². The van der Waals surface area contributed by atoms with E-state index in [2.05, 4.69) is 43.8 Å². The molecule has 3 aliphatic rings. The van der Waals surface area contributed by atoms with Crippen molar-refractivity contribution < 1.29 is 0 Å². The number of rotatable bonds is 1. The summed E-state index contributed by atoms with van der Waals surface area (Å²) in [6, 6.07) is 7.10. The highest BCUT2D eigenvalue weighted by Gasteiger charge is 2.69. The van der Waals surface area contributed by atoms with Crippen molar-refractivity contribution >= 4 is 5.84 Å². The predicted octanol–water partition coefficient (Wildman–Crippen LogP) is 2.97. The van der Waals surface area contributed by atoms with Crippen molar-refractivity contribution in [2.45, 2.75) is 45.7 Å². The first-order valence-electron chi connectivity index (χ1n) is 7.69. The van der Waals surface area contributed by atoms with E-state index in [1.807, 2.05) is 18.3 Å². The van der Waals surface area contributed by atoms with E-state index in [0.717, 1.165) is 17.4 Å². The van der Waals surface area contributed by atoms with E-state index in [1.54, 1.807) is 0 Å². The molecule has 2 heterocycles. The first kappa shape index (κ1) is 12.4. The summed E-state index contributed by atoms with van der Waals surface area (Å²) in [5.74, 6) is 1.82. The van der Waals surface area contributed by atoms with Crippen molar-refractivity contribution in [2.24, 2.45) is 21.7 Å². The lowest BCUT2D eigenvalue weighted by atomic mass is 9.69.